The van der Waals surface area contributed by atoms with E-state index in [-0.39, 0.29) is 12.5 Å². The summed E-state index contributed by atoms with van der Waals surface area (Å²) in [6, 6.07) is 2.59. The van der Waals surface area contributed by atoms with Gasteiger partial charge in [-0.25, -0.2) is 21.9 Å². The fourth-order valence-corrected chi connectivity index (χ4v) is 4.34. The quantitative estimate of drug-likeness (QED) is 0.906. The summed E-state index contributed by atoms with van der Waals surface area (Å²) in [5, 5.41) is -0.701. The Morgan fingerprint density at radius 2 is 2.04 bits per heavy atom. The molecule has 0 radical (unpaired) electrons. The van der Waals surface area contributed by atoms with Crippen LogP contribution in [0.15, 0.2) is 18.2 Å². The van der Waals surface area contributed by atoms with Crippen LogP contribution in [0.25, 0.3) is 0 Å². The summed E-state index contributed by atoms with van der Waals surface area (Å²) in [4.78, 5) is 12.9. The highest BCUT2D eigenvalue weighted by Crippen LogP contribution is 2.21. The van der Waals surface area contributed by atoms with Gasteiger partial charge in [-0.2, -0.15) is 0 Å². The van der Waals surface area contributed by atoms with Crippen molar-refractivity contribution in [2.75, 3.05) is 13.1 Å². The van der Waals surface area contributed by atoms with Gasteiger partial charge in [0.1, 0.15) is 0 Å². The number of nitrogens with one attached hydrogen (secondary N) is 1. The maximum absolute atomic E-state index is 13.3. The molecule has 1 amide bonds. The first-order chi connectivity index (χ1) is 10.7. The van der Waals surface area contributed by atoms with E-state index in [9.17, 15) is 22.0 Å². The van der Waals surface area contributed by atoms with Crippen LogP contribution < -0.4 is 4.72 Å². The molecule has 0 aromatic heterocycles. The predicted octanol–water partition coefficient (Wildman–Crippen LogP) is 1.96. The Labute approximate surface area is 134 Å². The Morgan fingerprint density at radius 1 is 1.35 bits per heavy atom. The molecule has 8 heteroatoms. The second-order valence-corrected chi connectivity index (χ2v) is 7.78. The second kappa shape index (κ2) is 6.92. The third-order valence-electron chi connectivity index (χ3n) is 4.05. The third-order valence-corrected chi connectivity index (χ3v) is 5.99. The van der Waals surface area contributed by atoms with Crippen LogP contribution in [0.4, 0.5) is 8.78 Å². The number of sulfonamides is 1. The van der Waals surface area contributed by atoms with Gasteiger partial charge in [0.25, 0.3) is 0 Å². The summed E-state index contributed by atoms with van der Waals surface area (Å²) in [6.45, 7) is 3.68. The van der Waals surface area contributed by atoms with E-state index in [1.54, 1.807) is 6.92 Å². The molecule has 2 atom stereocenters. The molecule has 0 bridgehead atoms. The van der Waals surface area contributed by atoms with Gasteiger partial charge in [-0.15, -0.1) is 0 Å². The van der Waals surface area contributed by atoms with Gasteiger partial charge < -0.3 is 4.90 Å². The van der Waals surface area contributed by atoms with Crippen LogP contribution in [0.2, 0.25) is 0 Å². The van der Waals surface area contributed by atoms with E-state index in [0.29, 0.717) is 24.9 Å². The predicted molar refractivity (Wildman–Crippen MR) is 82.1 cm³/mol. The summed E-state index contributed by atoms with van der Waals surface area (Å²) in [6.07, 6.45) is 1.08. The molecule has 0 aliphatic carbocycles. The SMILES string of the molecule is CC(=O)N1CCC[C@H](S(=O)(=O)N[C@H](C)c2ccc(F)c(F)c2)C1. The molecule has 1 fully saturated rings. The smallest absolute Gasteiger partial charge is 0.219 e. The number of carbonyl (C=O) groups is 1. The minimum Gasteiger partial charge on any atom is -0.342 e. The summed E-state index contributed by atoms with van der Waals surface area (Å²) in [7, 11) is -3.68. The monoisotopic (exact) mass is 346 g/mol. The van der Waals surface area contributed by atoms with E-state index >= 15 is 0 Å². The van der Waals surface area contributed by atoms with Crippen molar-refractivity contribution >= 4 is 15.9 Å². The first kappa shape index (κ1) is 17.8. The van der Waals surface area contributed by atoms with Crippen LogP contribution in [0.3, 0.4) is 0 Å². The number of benzene rings is 1. The van der Waals surface area contributed by atoms with Crippen LogP contribution >= 0.6 is 0 Å². The van der Waals surface area contributed by atoms with Crippen LogP contribution in [0, 0.1) is 11.6 Å². The molecule has 23 heavy (non-hydrogen) atoms. The molecule has 0 saturated carbocycles. The van der Waals surface area contributed by atoms with Crippen LogP contribution in [-0.2, 0) is 14.8 Å². The molecular weight excluding hydrogens is 326 g/mol. The minimum atomic E-state index is -3.68. The number of piperidine rings is 1. The standard InChI is InChI=1S/C15H20F2N2O3S/c1-10(12-5-6-14(16)15(17)8-12)18-23(21,22)13-4-3-7-19(9-13)11(2)20/h5-6,8,10,13,18H,3-4,7,9H2,1-2H3/t10-,13+/m1/s1. The molecule has 1 saturated heterocycles. The maximum Gasteiger partial charge on any atom is 0.219 e. The normalized spacial score (nSPS) is 20.3. The molecule has 1 aromatic rings. The molecule has 1 aliphatic heterocycles. The van der Waals surface area contributed by atoms with E-state index < -0.39 is 32.9 Å². The van der Waals surface area contributed by atoms with Crippen molar-refractivity contribution in [1.82, 2.24) is 9.62 Å². The van der Waals surface area contributed by atoms with Gasteiger partial charge in [0.2, 0.25) is 15.9 Å². The first-order valence-electron chi connectivity index (χ1n) is 7.42. The van der Waals surface area contributed by atoms with Crippen LogP contribution in [0.5, 0.6) is 0 Å². The van der Waals surface area contributed by atoms with Crippen LogP contribution in [0.1, 0.15) is 38.3 Å². The number of hydrogen-bond donors (Lipinski definition) is 1. The topological polar surface area (TPSA) is 66.5 Å². The van der Waals surface area contributed by atoms with Gasteiger partial charge in [0, 0.05) is 26.1 Å². The first-order valence-corrected chi connectivity index (χ1v) is 8.97. The average Bonchev–Trinajstić information content (AvgIpc) is 2.49. The van der Waals surface area contributed by atoms with Gasteiger partial charge in [0.15, 0.2) is 11.6 Å². The zero-order valence-corrected chi connectivity index (χ0v) is 13.9. The Kier molecular flexibility index (Phi) is 5.36. The lowest BCUT2D eigenvalue weighted by Crippen LogP contribution is -2.48. The fraction of sp³-hybridized carbons (Fsp3) is 0.533. The number of carbonyl (C=O) groups excluding carboxylic acids is 1. The lowest BCUT2D eigenvalue weighted by atomic mass is 10.1. The Morgan fingerprint density at radius 3 is 2.65 bits per heavy atom. The minimum absolute atomic E-state index is 0.148. The second-order valence-electron chi connectivity index (χ2n) is 5.79. The molecule has 0 unspecified atom stereocenters. The number of amides is 1. The zero-order valence-electron chi connectivity index (χ0n) is 13.1. The Bertz CT molecular complexity index is 694. The molecule has 1 heterocycles. The lowest BCUT2D eigenvalue weighted by Gasteiger charge is -2.32. The number of likely N-dealkylation sites (tertiary alicyclic amines) is 1. The van der Waals surface area contributed by atoms with Gasteiger partial charge in [-0.1, -0.05) is 6.07 Å². The summed E-state index contributed by atoms with van der Waals surface area (Å²) < 4.78 is 53.7. The molecule has 5 nitrogen and oxygen atoms in total. The summed E-state index contributed by atoms with van der Waals surface area (Å²) >= 11 is 0. The fourth-order valence-electron chi connectivity index (χ4n) is 2.67. The molecular formula is C15H20F2N2O3S. The molecule has 1 aliphatic rings. The van der Waals surface area contributed by atoms with Crippen molar-refractivity contribution in [1.29, 1.82) is 0 Å². The maximum atomic E-state index is 13.3. The Hall–Kier alpha value is -1.54. The van der Waals surface area contributed by atoms with Crippen molar-refractivity contribution in [2.24, 2.45) is 0 Å². The van der Waals surface area contributed by atoms with E-state index in [1.807, 2.05) is 0 Å². The Balaban J connectivity index is 2.10. The summed E-state index contributed by atoms with van der Waals surface area (Å²) in [5.41, 5.74) is 0.340. The molecule has 0 spiro atoms. The van der Waals surface area contributed by atoms with Gasteiger partial charge in [-0.05, 0) is 37.5 Å². The van der Waals surface area contributed by atoms with E-state index in [0.717, 1.165) is 12.1 Å². The number of halogens is 2. The van der Waals surface area contributed by atoms with Crippen molar-refractivity contribution in [3.8, 4) is 0 Å². The number of nitrogens with zero attached hydrogens (tertiary/aromatic N) is 1. The molecule has 1 N–H and O–H groups in total. The van der Waals surface area contributed by atoms with Crippen LogP contribution in [-0.4, -0.2) is 37.6 Å². The summed E-state index contributed by atoms with van der Waals surface area (Å²) in [5.74, 6) is -2.15. The molecule has 2 rings (SSSR count). The average molecular weight is 346 g/mol. The lowest BCUT2D eigenvalue weighted by molar-refractivity contribution is -0.129. The van der Waals surface area contributed by atoms with Gasteiger partial charge in [0.05, 0.1) is 5.25 Å². The van der Waals surface area contributed by atoms with Gasteiger partial charge in [-0.3, -0.25) is 4.79 Å². The van der Waals surface area contributed by atoms with Crippen molar-refractivity contribution in [3.05, 3.63) is 35.4 Å². The number of hydrogen-bond acceptors (Lipinski definition) is 3. The largest absolute Gasteiger partial charge is 0.342 e. The third kappa shape index (κ3) is 4.26. The molecule has 128 valence electrons. The molecule has 1 aromatic carbocycles. The zero-order chi connectivity index (χ0) is 17.2. The van der Waals surface area contributed by atoms with Crippen molar-refractivity contribution in [3.63, 3.8) is 0 Å². The van der Waals surface area contributed by atoms with E-state index in [1.165, 1.54) is 17.9 Å². The van der Waals surface area contributed by atoms with Gasteiger partial charge >= 0.3 is 0 Å². The van der Waals surface area contributed by atoms with Crippen molar-refractivity contribution < 1.29 is 22.0 Å². The highest BCUT2D eigenvalue weighted by molar-refractivity contribution is 7.90. The highest BCUT2D eigenvalue weighted by atomic mass is 32.2. The van der Waals surface area contributed by atoms with E-state index in [2.05, 4.69) is 4.72 Å². The van der Waals surface area contributed by atoms with Crippen molar-refractivity contribution in [2.45, 2.75) is 38.0 Å². The highest BCUT2D eigenvalue weighted by Gasteiger charge is 2.32. The number of rotatable bonds is 4. The van der Waals surface area contributed by atoms with E-state index in [4.69, 9.17) is 0 Å².